The minimum absolute atomic E-state index is 0.104. The summed E-state index contributed by atoms with van der Waals surface area (Å²) in [5, 5.41) is 3.77. The van der Waals surface area contributed by atoms with Crippen LogP contribution in [0.2, 0.25) is 0 Å². The van der Waals surface area contributed by atoms with Gasteiger partial charge in [-0.05, 0) is 36.8 Å². The molecule has 178 valence electrons. The third-order valence-corrected chi connectivity index (χ3v) is 7.90. The number of hydrogen-bond acceptors (Lipinski definition) is 5. The fourth-order valence-electron chi connectivity index (χ4n) is 4.91. The van der Waals surface area contributed by atoms with Gasteiger partial charge < -0.3 is 4.57 Å². The summed E-state index contributed by atoms with van der Waals surface area (Å²) in [5.74, 6) is 0.528. The van der Waals surface area contributed by atoms with E-state index in [1.165, 1.54) is 11.8 Å². The van der Waals surface area contributed by atoms with Crippen molar-refractivity contribution in [1.29, 1.82) is 0 Å². The molecule has 1 aliphatic heterocycles. The van der Waals surface area contributed by atoms with Gasteiger partial charge in [0.1, 0.15) is 17.6 Å². The van der Waals surface area contributed by atoms with Crippen molar-refractivity contribution in [1.82, 2.24) is 14.5 Å². The molecule has 7 nitrogen and oxygen atoms in total. The fraction of sp³-hybridized carbons (Fsp3) is 0.259. The smallest absolute Gasteiger partial charge is 0.322 e. The molecule has 1 unspecified atom stereocenters. The number of pyridine rings is 1. The molecule has 2 aromatic carbocycles. The molecule has 2 atom stereocenters. The van der Waals surface area contributed by atoms with Crippen LogP contribution in [0, 0.1) is 0 Å². The van der Waals surface area contributed by atoms with E-state index < -0.39 is 0 Å². The van der Waals surface area contributed by atoms with Crippen molar-refractivity contribution in [2.75, 3.05) is 17.6 Å². The van der Waals surface area contributed by atoms with Gasteiger partial charge >= 0.3 is 11.9 Å². The molecule has 4 aromatic rings. The number of quaternary nitrogens is 1. The van der Waals surface area contributed by atoms with Crippen molar-refractivity contribution >= 4 is 40.6 Å². The van der Waals surface area contributed by atoms with E-state index in [-0.39, 0.29) is 28.2 Å². The summed E-state index contributed by atoms with van der Waals surface area (Å²) in [6.45, 7) is 2.48. The number of fused-ring (bicyclic) bond motifs is 1. The van der Waals surface area contributed by atoms with Crippen LogP contribution in [0.1, 0.15) is 19.8 Å². The molecule has 0 saturated carbocycles. The van der Waals surface area contributed by atoms with E-state index in [0.717, 1.165) is 40.2 Å². The van der Waals surface area contributed by atoms with E-state index in [4.69, 9.17) is 0 Å². The maximum absolute atomic E-state index is 13.8. The van der Waals surface area contributed by atoms with Crippen LogP contribution in [0.3, 0.4) is 0 Å². The van der Waals surface area contributed by atoms with Gasteiger partial charge in [-0.2, -0.15) is 4.48 Å². The Balaban J connectivity index is 1.39. The normalized spacial score (nSPS) is 19.7. The van der Waals surface area contributed by atoms with Crippen LogP contribution in [0.5, 0.6) is 0 Å². The summed E-state index contributed by atoms with van der Waals surface area (Å²) in [4.78, 5) is 36.6. The second-order valence-electron chi connectivity index (χ2n) is 8.90. The molecule has 35 heavy (non-hydrogen) atoms. The highest BCUT2D eigenvalue weighted by atomic mass is 32.2. The Hall–Kier alpha value is -3.49. The van der Waals surface area contributed by atoms with Gasteiger partial charge in [0.25, 0.3) is 0 Å². The zero-order valence-corrected chi connectivity index (χ0v) is 20.7. The van der Waals surface area contributed by atoms with Crippen molar-refractivity contribution < 1.29 is 14.1 Å². The van der Waals surface area contributed by atoms with Crippen LogP contribution >= 0.6 is 11.8 Å². The van der Waals surface area contributed by atoms with Gasteiger partial charge in [-0.1, -0.05) is 54.2 Å². The number of nitrogens with zero attached hydrogens (tertiary/aromatic N) is 4. The van der Waals surface area contributed by atoms with Crippen molar-refractivity contribution in [3.63, 3.8) is 0 Å². The number of rotatable bonds is 5. The van der Waals surface area contributed by atoms with Crippen LogP contribution in [0.25, 0.3) is 22.2 Å². The van der Waals surface area contributed by atoms with Crippen LogP contribution < -0.4 is 5.32 Å². The van der Waals surface area contributed by atoms with E-state index in [1.807, 2.05) is 85.3 Å². The number of thioether (sulfide) groups is 1. The summed E-state index contributed by atoms with van der Waals surface area (Å²) < 4.78 is 1.77. The number of hydrogen-bond donors (Lipinski definition) is 1. The number of imide groups is 1. The predicted molar refractivity (Wildman–Crippen MR) is 139 cm³/mol. The number of aromatic nitrogens is 3. The van der Waals surface area contributed by atoms with Crippen LogP contribution in [0.4, 0.5) is 10.6 Å². The average Bonchev–Trinajstić information content (AvgIpc) is 3.44. The second-order valence-corrected chi connectivity index (χ2v) is 9.85. The number of nitrogens with one attached hydrogen (secondary N) is 1. The zero-order chi connectivity index (χ0) is 24.4. The summed E-state index contributed by atoms with van der Waals surface area (Å²) in [6, 6.07) is 21.1. The van der Waals surface area contributed by atoms with Gasteiger partial charge in [0.05, 0.1) is 17.6 Å². The van der Waals surface area contributed by atoms with E-state index >= 15 is 0 Å². The topological polar surface area (TPSA) is 76.9 Å². The van der Waals surface area contributed by atoms with E-state index in [0.29, 0.717) is 12.4 Å². The number of likely N-dealkylation sites (tertiary alicyclic amines) is 1. The van der Waals surface area contributed by atoms with E-state index in [2.05, 4.69) is 15.3 Å². The monoisotopic (exact) mass is 486 g/mol. The van der Waals surface area contributed by atoms with Gasteiger partial charge in [0.2, 0.25) is 0 Å². The third kappa shape index (κ3) is 4.24. The molecular formula is C27H28N5O2S+. The van der Waals surface area contributed by atoms with Crippen LogP contribution in [-0.2, 0) is 11.8 Å². The van der Waals surface area contributed by atoms with Gasteiger partial charge in [-0.25, -0.2) is 19.6 Å². The standard InChI is InChI=1S/C27H27N5O2S/c1-19-10-9-17-32(19,24(33)18-35-26-29-22-14-6-7-15-23(22)31(26)2)27(34)30-25-21(13-8-16-28-25)20-11-4-3-5-12-20/h3-8,11-16,19H,9-10,17-18H2,1-2H3/p+1/t19-,32?/m1/s1. The molecule has 8 heteroatoms. The maximum Gasteiger partial charge on any atom is 0.429 e. The molecule has 1 fully saturated rings. The number of aryl methyl sites for hydroxylation is 1. The van der Waals surface area contributed by atoms with Crippen molar-refractivity contribution in [3.05, 3.63) is 72.9 Å². The van der Waals surface area contributed by atoms with E-state index in [9.17, 15) is 9.59 Å². The number of imidazole rings is 1. The van der Waals surface area contributed by atoms with Crippen molar-refractivity contribution in [2.45, 2.75) is 31.0 Å². The molecule has 3 amide bonds. The Bertz CT molecular complexity index is 1390. The highest BCUT2D eigenvalue weighted by Crippen LogP contribution is 2.33. The number of amides is 3. The molecular weight excluding hydrogens is 458 g/mol. The molecule has 5 rings (SSSR count). The number of anilines is 1. The molecule has 0 aliphatic carbocycles. The van der Waals surface area contributed by atoms with Crippen molar-refractivity contribution in [2.24, 2.45) is 7.05 Å². The van der Waals surface area contributed by atoms with Crippen molar-refractivity contribution in [3.8, 4) is 11.1 Å². The number of para-hydroxylation sites is 2. The Morgan fingerprint density at radius 2 is 1.86 bits per heavy atom. The minimum Gasteiger partial charge on any atom is -0.322 e. The average molecular weight is 487 g/mol. The van der Waals surface area contributed by atoms with E-state index in [1.54, 1.807) is 6.20 Å². The quantitative estimate of drug-likeness (QED) is 0.298. The lowest BCUT2D eigenvalue weighted by molar-refractivity contribution is -0.781. The molecule has 0 bridgehead atoms. The van der Waals surface area contributed by atoms with Crippen LogP contribution in [-0.4, -0.2) is 49.3 Å². The third-order valence-electron chi connectivity index (χ3n) is 6.88. The highest BCUT2D eigenvalue weighted by molar-refractivity contribution is 7.99. The Morgan fingerprint density at radius 3 is 2.60 bits per heavy atom. The van der Waals surface area contributed by atoms with Gasteiger partial charge in [-0.3, -0.25) is 5.32 Å². The first-order valence-corrected chi connectivity index (χ1v) is 12.8. The summed E-state index contributed by atoms with van der Waals surface area (Å²) >= 11 is 1.38. The SMILES string of the molecule is C[C@@H]1CCC[N+]1(C(=O)CSc1nc2ccccc2n1C)C(=O)Nc1ncccc1-c1ccccc1. The Labute approximate surface area is 208 Å². The number of benzene rings is 2. The number of urea groups is 1. The van der Waals surface area contributed by atoms with Gasteiger partial charge in [-0.15, -0.1) is 0 Å². The zero-order valence-electron chi connectivity index (χ0n) is 19.8. The predicted octanol–water partition coefficient (Wildman–Crippen LogP) is 5.49. The Kier molecular flexibility index (Phi) is 6.40. The largest absolute Gasteiger partial charge is 0.429 e. The minimum atomic E-state index is -0.318. The van der Waals surface area contributed by atoms with Crippen LogP contribution in [0.15, 0.2) is 78.1 Å². The molecule has 3 heterocycles. The van der Waals surface area contributed by atoms with Gasteiger partial charge in [0.15, 0.2) is 5.16 Å². The lowest BCUT2D eigenvalue weighted by Crippen LogP contribution is -2.61. The lowest BCUT2D eigenvalue weighted by Gasteiger charge is -2.32. The second kappa shape index (κ2) is 9.64. The fourth-order valence-corrected chi connectivity index (χ4v) is 5.85. The number of carbonyl (C=O) groups is 2. The van der Waals surface area contributed by atoms with Gasteiger partial charge in [0, 0.05) is 31.6 Å². The molecule has 0 spiro atoms. The molecule has 1 N–H and O–H groups in total. The summed E-state index contributed by atoms with van der Waals surface area (Å²) in [7, 11) is 1.95. The highest BCUT2D eigenvalue weighted by Gasteiger charge is 2.52. The Morgan fingerprint density at radius 1 is 1.09 bits per heavy atom. The summed E-state index contributed by atoms with van der Waals surface area (Å²) in [5.41, 5.74) is 3.69. The maximum atomic E-state index is 13.8. The first-order valence-electron chi connectivity index (χ1n) is 11.8. The molecule has 0 radical (unpaired) electrons. The summed E-state index contributed by atoms with van der Waals surface area (Å²) in [6.07, 6.45) is 3.30. The molecule has 1 saturated heterocycles. The lowest BCUT2D eigenvalue weighted by atomic mass is 10.1. The molecule has 2 aromatic heterocycles. The number of carbonyl (C=O) groups excluding carboxylic acids is 2. The first kappa shape index (κ1) is 23.3. The first-order chi connectivity index (χ1) is 17.0. The molecule has 1 aliphatic rings.